The van der Waals surface area contributed by atoms with Gasteiger partial charge in [0, 0.05) is 42.3 Å². The number of hydrogen-bond donors (Lipinski definition) is 1. The summed E-state index contributed by atoms with van der Waals surface area (Å²) in [7, 11) is 2.02. The summed E-state index contributed by atoms with van der Waals surface area (Å²) in [5, 5.41) is 17.9. The van der Waals surface area contributed by atoms with Crippen LogP contribution in [0.15, 0.2) is 102 Å². The first-order valence-corrected chi connectivity index (χ1v) is 12.1. The number of aliphatic hydroxyl groups is 1. The van der Waals surface area contributed by atoms with Crippen molar-refractivity contribution in [2.45, 2.75) is 26.1 Å². The fourth-order valence-corrected chi connectivity index (χ4v) is 4.73. The Bertz CT molecular complexity index is 1420. The Hall–Kier alpha value is -4.00. The molecule has 0 aliphatic carbocycles. The molecule has 5 rings (SSSR count). The number of likely N-dealkylation sites (N-methyl/N-ethyl adjacent to an activating group) is 1. The van der Waals surface area contributed by atoms with Gasteiger partial charge in [-0.3, -0.25) is 9.69 Å². The van der Waals surface area contributed by atoms with Gasteiger partial charge in [-0.25, -0.2) is 0 Å². The molecule has 36 heavy (non-hydrogen) atoms. The smallest absolute Gasteiger partial charge is 0.280 e. The molecule has 0 unspecified atom stereocenters. The number of benzene rings is 3. The van der Waals surface area contributed by atoms with E-state index in [4.69, 9.17) is 0 Å². The van der Waals surface area contributed by atoms with Crippen LogP contribution in [0.1, 0.15) is 18.1 Å². The minimum Gasteiger partial charge on any atom is -0.390 e. The number of para-hydroxylation sites is 2. The van der Waals surface area contributed by atoms with Crippen LogP contribution in [0.2, 0.25) is 0 Å². The van der Waals surface area contributed by atoms with Crippen molar-refractivity contribution in [1.82, 2.24) is 9.47 Å². The van der Waals surface area contributed by atoms with Gasteiger partial charge in [0.2, 0.25) is 0 Å². The van der Waals surface area contributed by atoms with Crippen LogP contribution >= 0.6 is 0 Å². The van der Waals surface area contributed by atoms with Gasteiger partial charge in [-0.1, -0.05) is 66.7 Å². The molecule has 3 aromatic carbocycles. The Morgan fingerprint density at radius 2 is 1.64 bits per heavy atom. The van der Waals surface area contributed by atoms with Crippen LogP contribution in [0.3, 0.4) is 0 Å². The van der Waals surface area contributed by atoms with Gasteiger partial charge in [0.1, 0.15) is 0 Å². The van der Waals surface area contributed by atoms with E-state index in [-0.39, 0.29) is 5.91 Å². The molecule has 1 amide bonds. The van der Waals surface area contributed by atoms with Gasteiger partial charge in [0.25, 0.3) is 5.91 Å². The fourth-order valence-electron chi connectivity index (χ4n) is 4.73. The lowest BCUT2D eigenvalue weighted by Crippen LogP contribution is -2.31. The number of anilines is 1. The van der Waals surface area contributed by atoms with E-state index in [2.05, 4.69) is 26.7 Å². The van der Waals surface area contributed by atoms with Gasteiger partial charge in [-0.2, -0.15) is 10.1 Å². The zero-order valence-electron chi connectivity index (χ0n) is 20.6. The van der Waals surface area contributed by atoms with Crippen LogP contribution in [-0.4, -0.2) is 45.9 Å². The van der Waals surface area contributed by atoms with E-state index >= 15 is 0 Å². The second-order valence-electron chi connectivity index (χ2n) is 9.29. The standard InChI is InChI=1S/C30H30N4O2/c1-22-28(30(36)34(31-22)25-13-7-4-8-14-25)17-24-19-33(29-16-10-9-15-27(24)29)21-26(35)20-32(2)18-23-11-5-3-6-12-23/h3-17,19,26,35H,18,20-21H2,1-2H3/b28-17+/t26-/m0/s1. The summed E-state index contributed by atoms with van der Waals surface area (Å²) in [5.41, 5.74) is 5.18. The molecular formula is C30H30N4O2. The molecule has 0 radical (unpaired) electrons. The van der Waals surface area contributed by atoms with Crippen LogP contribution in [0.4, 0.5) is 5.69 Å². The van der Waals surface area contributed by atoms with Gasteiger partial charge in [-0.15, -0.1) is 0 Å². The Morgan fingerprint density at radius 3 is 2.39 bits per heavy atom. The number of nitrogens with zero attached hydrogens (tertiary/aromatic N) is 4. The summed E-state index contributed by atoms with van der Waals surface area (Å²) >= 11 is 0. The maximum atomic E-state index is 13.2. The number of aromatic nitrogens is 1. The molecule has 1 aliphatic heterocycles. The van der Waals surface area contributed by atoms with Gasteiger partial charge in [0.05, 0.1) is 23.1 Å². The van der Waals surface area contributed by atoms with E-state index in [1.165, 1.54) is 10.6 Å². The third kappa shape index (κ3) is 5.00. The summed E-state index contributed by atoms with van der Waals surface area (Å²) in [6.45, 7) is 3.65. The monoisotopic (exact) mass is 478 g/mol. The van der Waals surface area contributed by atoms with Gasteiger partial charge in [-0.05, 0) is 43.8 Å². The summed E-state index contributed by atoms with van der Waals surface area (Å²) in [4.78, 5) is 15.3. The number of amides is 1. The van der Waals surface area contributed by atoms with Crippen molar-refractivity contribution >= 4 is 34.3 Å². The molecule has 6 heteroatoms. The SMILES string of the molecule is CC1=NN(c2ccccc2)C(=O)/C1=C/c1cn(C[C@@H](O)CN(C)Cc2ccccc2)c2ccccc12. The molecular weight excluding hydrogens is 448 g/mol. The second kappa shape index (κ2) is 10.3. The van der Waals surface area contributed by atoms with Gasteiger partial charge >= 0.3 is 0 Å². The van der Waals surface area contributed by atoms with Gasteiger partial charge in [0.15, 0.2) is 0 Å². The topological polar surface area (TPSA) is 61.1 Å². The van der Waals surface area contributed by atoms with E-state index in [1.54, 1.807) is 0 Å². The number of hydrazone groups is 1. The van der Waals surface area contributed by atoms with Crippen molar-refractivity contribution in [2.24, 2.45) is 5.10 Å². The molecule has 1 aromatic heterocycles. The van der Waals surface area contributed by atoms with Gasteiger partial charge < -0.3 is 9.67 Å². The minimum absolute atomic E-state index is 0.141. The summed E-state index contributed by atoms with van der Waals surface area (Å²) in [6.07, 6.45) is 3.39. The lowest BCUT2D eigenvalue weighted by Gasteiger charge is -2.21. The maximum absolute atomic E-state index is 13.2. The van der Waals surface area contributed by atoms with Crippen molar-refractivity contribution in [1.29, 1.82) is 0 Å². The van der Waals surface area contributed by atoms with Crippen LogP contribution in [0, 0.1) is 0 Å². The first-order chi connectivity index (χ1) is 17.5. The summed E-state index contributed by atoms with van der Waals surface area (Å²) < 4.78 is 2.07. The highest BCUT2D eigenvalue weighted by atomic mass is 16.3. The van der Waals surface area contributed by atoms with E-state index in [0.29, 0.717) is 24.4 Å². The largest absolute Gasteiger partial charge is 0.390 e. The number of fused-ring (bicyclic) bond motifs is 1. The first-order valence-electron chi connectivity index (χ1n) is 12.1. The molecule has 182 valence electrons. The van der Waals surface area contributed by atoms with E-state index < -0.39 is 6.10 Å². The van der Waals surface area contributed by atoms with Crippen LogP contribution in [0.5, 0.6) is 0 Å². The molecule has 1 aliphatic rings. The number of hydrogen-bond acceptors (Lipinski definition) is 4. The van der Waals surface area contributed by atoms with E-state index in [9.17, 15) is 9.90 Å². The van der Waals surface area contributed by atoms with E-state index in [0.717, 1.165) is 28.7 Å². The third-order valence-corrected chi connectivity index (χ3v) is 6.41. The van der Waals surface area contributed by atoms with Crippen molar-refractivity contribution in [2.75, 3.05) is 18.6 Å². The highest BCUT2D eigenvalue weighted by molar-refractivity contribution is 6.32. The zero-order valence-corrected chi connectivity index (χ0v) is 20.6. The normalized spacial score (nSPS) is 15.8. The molecule has 2 heterocycles. The van der Waals surface area contributed by atoms with Crippen molar-refractivity contribution in [3.05, 3.63) is 108 Å². The molecule has 0 bridgehead atoms. The molecule has 0 fully saturated rings. The minimum atomic E-state index is -0.542. The zero-order chi connectivity index (χ0) is 25.1. The van der Waals surface area contributed by atoms with Crippen molar-refractivity contribution < 1.29 is 9.90 Å². The predicted molar refractivity (Wildman–Crippen MR) is 146 cm³/mol. The molecule has 1 N–H and O–H groups in total. The molecule has 6 nitrogen and oxygen atoms in total. The van der Waals surface area contributed by atoms with Crippen LogP contribution < -0.4 is 5.01 Å². The Labute approximate surface area is 211 Å². The molecule has 0 spiro atoms. The number of rotatable bonds is 8. The van der Waals surface area contributed by atoms with Crippen LogP contribution in [-0.2, 0) is 17.9 Å². The maximum Gasteiger partial charge on any atom is 0.280 e. The predicted octanol–water partition coefficient (Wildman–Crippen LogP) is 4.94. The Kier molecular flexibility index (Phi) is 6.80. The van der Waals surface area contributed by atoms with Crippen molar-refractivity contribution in [3.63, 3.8) is 0 Å². The average molecular weight is 479 g/mol. The highest BCUT2D eigenvalue weighted by Crippen LogP contribution is 2.28. The van der Waals surface area contributed by atoms with Crippen molar-refractivity contribution in [3.8, 4) is 0 Å². The third-order valence-electron chi connectivity index (χ3n) is 6.41. The quantitative estimate of drug-likeness (QED) is 0.365. The first kappa shape index (κ1) is 23.7. The average Bonchev–Trinajstić information content (AvgIpc) is 3.37. The molecule has 4 aromatic rings. The van der Waals surface area contributed by atoms with Crippen LogP contribution in [0.25, 0.3) is 17.0 Å². The number of carbonyl (C=O) groups is 1. The highest BCUT2D eigenvalue weighted by Gasteiger charge is 2.29. The second-order valence-corrected chi connectivity index (χ2v) is 9.29. The lowest BCUT2D eigenvalue weighted by atomic mass is 10.1. The lowest BCUT2D eigenvalue weighted by molar-refractivity contribution is -0.114. The number of aliphatic hydroxyl groups excluding tert-OH is 1. The molecule has 0 saturated carbocycles. The van der Waals surface area contributed by atoms with E-state index in [1.807, 2.05) is 99.0 Å². The Morgan fingerprint density at radius 1 is 0.972 bits per heavy atom. The summed E-state index contributed by atoms with van der Waals surface area (Å²) in [6, 6.07) is 27.8. The molecule has 1 atom stereocenters. The summed E-state index contributed by atoms with van der Waals surface area (Å²) in [5.74, 6) is -0.141. The Balaban J connectivity index is 1.36. The fraction of sp³-hybridized carbons (Fsp3) is 0.200. The molecule has 0 saturated heterocycles. The number of carbonyl (C=O) groups excluding carboxylic acids is 1.